The third kappa shape index (κ3) is 4.83. The van der Waals surface area contributed by atoms with E-state index in [4.69, 9.17) is 19.4 Å². The van der Waals surface area contributed by atoms with Gasteiger partial charge in [-0.25, -0.2) is 9.97 Å². The Hall–Kier alpha value is -8.54. The molecule has 11 aromatic rings. The quantitative estimate of drug-likeness (QED) is 0.177. The largest absolute Gasteiger partial charge is 0.450 e. The van der Waals surface area contributed by atoms with E-state index in [0.717, 1.165) is 89.7 Å². The molecule has 3 aliphatic rings. The zero-order valence-electron chi connectivity index (χ0n) is 34.4. The van der Waals surface area contributed by atoms with Gasteiger partial charge in [0.15, 0.2) is 28.8 Å². The van der Waals surface area contributed by atoms with Crippen LogP contribution in [-0.2, 0) is 5.41 Å². The van der Waals surface area contributed by atoms with Gasteiger partial charge in [-0.05, 0) is 92.5 Å². The van der Waals surface area contributed by atoms with Gasteiger partial charge in [0, 0.05) is 33.5 Å². The topological polar surface area (TPSA) is 49.2 Å². The summed E-state index contributed by atoms with van der Waals surface area (Å²) in [7, 11) is 0. The van der Waals surface area contributed by atoms with Crippen molar-refractivity contribution in [3.63, 3.8) is 0 Å². The predicted octanol–water partition coefficient (Wildman–Crippen LogP) is 14.8. The number of para-hydroxylation sites is 3. The Morgan fingerprint density at radius 3 is 1.75 bits per heavy atom. The Bertz CT molecular complexity index is 3640. The first kappa shape index (κ1) is 35.1. The lowest BCUT2D eigenvalue weighted by atomic mass is 9.70. The molecule has 1 aliphatic heterocycles. The van der Waals surface area contributed by atoms with Crippen LogP contribution in [0.4, 0.5) is 0 Å². The zero-order chi connectivity index (χ0) is 41.9. The van der Waals surface area contributed by atoms with E-state index in [1.54, 1.807) is 0 Å². The van der Waals surface area contributed by atoms with Crippen LogP contribution in [-0.4, -0.2) is 14.5 Å². The van der Waals surface area contributed by atoms with Crippen LogP contribution < -0.4 is 9.47 Å². The van der Waals surface area contributed by atoms with Gasteiger partial charge < -0.3 is 9.47 Å². The molecule has 64 heavy (non-hydrogen) atoms. The highest BCUT2D eigenvalue weighted by molar-refractivity contribution is 6.10. The van der Waals surface area contributed by atoms with Crippen LogP contribution in [0.5, 0.6) is 23.0 Å². The molecule has 14 rings (SSSR count). The van der Waals surface area contributed by atoms with Crippen LogP contribution in [0.15, 0.2) is 212 Å². The van der Waals surface area contributed by atoms with Crippen LogP contribution in [0.1, 0.15) is 22.3 Å². The molecule has 0 fully saturated rings. The van der Waals surface area contributed by atoms with Crippen LogP contribution >= 0.6 is 0 Å². The molecule has 0 N–H and O–H groups in total. The Morgan fingerprint density at radius 2 is 0.969 bits per heavy atom. The summed E-state index contributed by atoms with van der Waals surface area (Å²) in [4.78, 5) is 10.4. The van der Waals surface area contributed by atoms with Crippen LogP contribution in [0.2, 0.25) is 0 Å². The second-order valence-electron chi connectivity index (χ2n) is 16.8. The summed E-state index contributed by atoms with van der Waals surface area (Å²) in [5.74, 6) is 4.44. The van der Waals surface area contributed by atoms with E-state index in [9.17, 15) is 0 Å². The first-order valence-electron chi connectivity index (χ1n) is 21.7. The number of fused-ring (bicyclic) bond motifs is 16. The number of aromatic nitrogens is 3. The summed E-state index contributed by atoms with van der Waals surface area (Å²) in [6.07, 6.45) is 0. The van der Waals surface area contributed by atoms with Crippen molar-refractivity contribution in [1.82, 2.24) is 14.5 Å². The third-order valence-corrected chi connectivity index (χ3v) is 13.5. The summed E-state index contributed by atoms with van der Waals surface area (Å²) in [5.41, 5.74) is 16.4. The second-order valence-corrected chi connectivity index (χ2v) is 16.8. The number of benzene rings is 9. The van der Waals surface area contributed by atoms with Crippen molar-refractivity contribution in [3.8, 4) is 84.8 Å². The molecule has 5 heteroatoms. The highest BCUT2D eigenvalue weighted by atomic mass is 16.6. The molecule has 3 heterocycles. The van der Waals surface area contributed by atoms with Crippen molar-refractivity contribution in [2.45, 2.75) is 5.41 Å². The monoisotopic (exact) mass is 817 g/mol. The summed E-state index contributed by atoms with van der Waals surface area (Å²) in [6.45, 7) is 0. The molecule has 0 unspecified atom stereocenters. The molecular formula is C59H35N3O2. The molecule has 0 bridgehead atoms. The number of ether oxygens (including phenoxy) is 2. The maximum absolute atomic E-state index is 6.94. The number of hydrogen-bond acceptors (Lipinski definition) is 4. The summed E-state index contributed by atoms with van der Waals surface area (Å²) < 4.78 is 15.8. The number of rotatable bonds is 4. The summed E-state index contributed by atoms with van der Waals surface area (Å²) >= 11 is 0. The molecule has 2 aliphatic carbocycles. The van der Waals surface area contributed by atoms with Gasteiger partial charge in [0.25, 0.3) is 0 Å². The number of nitrogens with zero attached hydrogens (tertiary/aromatic N) is 3. The lowest BCUT2D eigenvalue weighted by Crippen LogP contribution is -2.27. The zero-order valence-corrected chi connectivity index (χ0v) is 34.4. The van der Waals surface area contributed by atoms with Crippen LogP contribution in [0, 0.1) is 0 Å². The van der Waals surface area contributed by atoms with E-state index in [-0.39, 0.29) is 0 Å². The Balaban J connectivity index is 0.981. The van der Waals surface area contributed by atoms with Crippen molar-refractivity contribution < 1.29 is 9.47 Å². The number of hydrogen-bond donors (Lipinski definition) is 0. The van der Waals surface area contributed by atoms with Crippen molar-refractivity contribution in [2.75, 3.05) is 0 Å². The highest BCUT2D eigenvalue weighted by Crippen LogP contribution is 2.67. The first-order valence-corrected chi connectivity index (χ1v) is 21.7. The SMILES string of the molecule is c1ccc(-c2cc(-n3c4ccccc4c4cc(-c5ccc6c(c5)C5(c7ccccc7-c7ccccc75)c5c-6ccc6c5Oc5ccccc5O6)ccc43)nc(-c3ccccc3)n2)cc1. The molecular weight excluding hydrogens is 783 g/mol. The standard InChI is InChI=1S/C59H35N3O2/c1-3-15-36(16-4-1)49-35-55(61-58(60-49)37-17-5-2-6-18-37)62-50-24-12-9-21-43(50)45-33-38(28-31-51(45)62)39-27-29-42-44-30-32-54-57(64-53-26-14-13-25-52(53)63-54)56(44)59(48(42)34-39)46-22-10-7-19-40(46)41-20-8-11-23-47(41)59/h1-35H. The molecule has 2 aromatic heterocycles. The smallest absolute Gasteiger partial charge is 0.175 e. The first-order chi connectivity index (χ1) is 31.7. The summed E-state index contributed by atoms with van der Waals surface area (Å²) in [6, 6.07) is 75.3. The van der Waals surface area contributed by atoms with Crippen molar-refractivity contribution in [1.29, 1.82) is 0 Å². The molecule has 0 atom stereocenters. The Morgan fingerprint density at radius 1 is 0.375 bits per heavy atom. The van der Waals surface area contributed by atoms with Crippen LogP contribution in [0.25, 0.3) is 83.6 Å². The maximum Gasteiger partial charge on any atom is 0.175 e. The van der Waals surface area contributed by atoms with Crippen molar-refractivity contribution >= 4 is 21.8 Å². The van der Waals surface area contributed by atoms with Crippen LogP contribution in [0.3, 0.4) is 0 Å². The minimum Gasteiger partial charge on any atom is -0.450 e. The Labute approximate surface area is 369 Å². The van der Waals surface area contributed by atoms with Gasteiger partial charge in [0.05, 0.1) is 22.1 Å². The minimum absolute atomic E-state index is 0.644. The fraction of sp³-hybridized carbons (Fsp3) is 0.0169. The molecule has 0 radical (unpaired) electrons. The van der Waals surface area contributed by atoms with E-state index < -0.39 is 5.41 Å². The average Bonchev–Trinajstić information content (AvgIpc) is 3.97. The van der Waals surface area contributed by atoms with Gasteiger partial charge in [0.1, 0.15) is 5.82 Å². The predicted molar refractivity (Wildman–Crippen MR) is 256 cm³/mol. The van der Waals surface area contributed by atoms with Crippen molar-refractivity contribution in [2.24, 2.45) is 0 Å². The van der Waals surface area contributed by atoms with Crippen molar-refractivity contribution in [3.05, 3.63) is 235 Å². The van der Waals surface area contributed by atoms with E-state index in [1.165, 1.54) is 33.4 Å². The van der Waals surface area contributed by atoms with E-state index >= 15 is 0 Å². The molecule has 0 saturated carbocycles. The van der Waals surface area contributed by atoms with Gasteiger partial charge in [-0.1, -0.05) is 164 Å². The van der Waals surface area contributed by atoms with Gasteiger partial charge in [-0.3, -0.25) is 4.57 Å². The lowest BCUT2D eigenvalue weighted by molar-refractivity contribution is 0.354. The molecule has 1 spiro atoms. The van der Waals surface area contributed by atoms with E-state index in [2.05, 4.69) is 168 Å². The molecule has 298 valence electrons. The average molecular weight is 818 g/mol. The fourth-order valence-electron chi connectivity index (χ4n) is 10.8. The van der Waals surface area contributed by atoms with E-state index in [1.807, 2.05) is 48.5 Å². The van der Waals surface area contributed by atoms with Gasteiger partial charge in [0.2, 0.25) is 0 Å². The second kappa shape index (κ2) is 13.2. The molecule has 5 nitrogen and oxygen atoms in total. The molecule has 9 aromatic carbocycles. The third-order valence-electron chi connectivity index (χ3n) is 13.5. The van der Waals surface area contributed by atoms with Gasteiger partial charge in [-0.2, -0.15) is 0 Å². The fourth-order valence-corrected chi connectivity index (χ4v) is 10.8. The summed E-state index contributed by atoms with van der Waals surface area (Å²) in [5, 5.41) is 2.32. The molecule has 0 saturated heterocycles. The maximum atomic E-state index is 6.94. The molecule has 0 amide bonds. The van der Waals surface area contributed by atoms with Gasteiger partial charge >= 0.3 is 0 Å². The normalized spacial score (nSPS) is 13.4. The lowest BCUT2D eigenvalue weighted by Gasteiger charge is -2.33. The van der Waals surface area contributed by atoms with E-state index in [0.29, 0.717) is 5.82 Å². The van der Waals surface area contributed by atoms with Gasteiger partial charge in [-0.15, -0.1) is 0 Å². The Kier molecular flexibility index (Phi) is 7.26. The highest BCUT2D eigenvalue weighted by Gasteiger charge is 2.54. The minimum atomic E-state index is -0.644.